The Morgan fingerprint density at radius 3 is 2.62 bits per heavy atom. The van der Waals surface area contributed by atoms with Gasteiger partial charge < -0.3 is 14.2 Å². The molecule has 1 atom stereocenters. The van der Waals surface area contributed by atoms with Crippen LogP contribution in [0, 0.1) is 0 Å². The molecule has 1 fully saturated rings. The van der Waals surface area contributed by atoms with Crippen LogP contribution in [0.15, 0.2) is 77.3 Å². The highest BCUT2D eigenvalue weighted by Crippen LogP contribution is 2.31. The third-order valence-electron chi connectivity index (χ3n) is 6.31. The smallest absolute Gasteiger partial charge is 0.253 e. The van der Waals surface area contributed by atoms with Crippen molar-refractivity contribution in [2.75, 3.05) is 20.2 Å². The van der Waals surface area contributed by atoms with Crippen molar-refractivity contribution in [2.24, 2.45) is 0 Å². The third kappa shape index (κ3) is 3.98. The first-order valence-corrected chi connectivity index (χ1v) is 11.1. The second-order valence-corrected chi connectivity index (χ2v) is 8.33. The molecule has 5 rings (SSSR count). The van der Waals surface area contributed by atoms with Crippen LogP contribution in [0.2, 0.25) is 0 Å². The molecule has 0 radical (unpaired) electrons. The van der Waals surface area contributed by atoms with E-state index in [4.69, 9.17) is 9.26 Å². The number of hydrogen-bond acceptors (Lipinski definition) is 4. The van der Waals surface area contributed by atoms with Crippen LogP contribution in [-0.2, 0) is 0 Å². The SMILES string of the molecule is COc1ccc(C2CCCCN(C(=O)c3ccc4noc(-c5ccccc5)c4c3)C2)cc1. The van der Waals surface area contributed by atoms with Gasteiger partial charge in [-0.1, -0.05) is 54.0 Å². The largest absolute Gasteiger partial charge is 0.497 e. The molecule has 1 amide bonds. The predicted molar refractivity (Wildman–Crippen MR) is 125 cm³/mol. The molecule has 0 bridgehead atoms. The van der Waals surface area contributed by atoms with Crippen LogP contribution in [0.1, 0.15) is 41.1 Å². The fourth-order valence-corrected chi connectivity index (χ4v) is 4.53. The number of likely N-dealkylation sites (tertiary alicyclic amines) is 1. The van der Waals surface area contributed by atoms with Gasteiger partial charge in [0, 0.05) is 30.1 Å². The molecule has 0 N–H and O–H groups in total. The number of fused-ring (bicyclic) bond motifs is 1. The summed E-state index contributed by atoms with van der Waals surface area (Å²) in [6.45, 7) is 1.50. The Morgan fingerprint density at radius 1 is 1.03 bits per heavy atom. The van der Waals surface area contributed by atoms with E-state index in [-0.39, 0.29) is 5.91 Å². The standard InChI is InChI=1S/C27H26N2O3/c1-31-23-13-10-19(11-14-23)22-9-5-6-16-29(18-22)27(30)21-12-15-25-24(17-21)26(32-28-25)20-7-3-2-4-8-20/h2-4,7-8,10-15,17,22H,5-6,9,16,18H2,1H3. The minimum Gasteiger partial charge on any atom is -0.497 e. The maximum absolute atomic E-state index is 13.5. The summed E-state index contributed by atoms with van der Waals surface area (Å²) >= 11 is 0. The van der Waals surface area contributed by atoms with E-state index in [9.17, 15) is 4.79 Å². The van der Waals surface area contributed by atoms with Crippen LogP contribution in [0.3, 0.4) is 0 Å². The zero-order valence-electron chi connectivity index (χ0n) is 18.2. The molecular weight excluding hydrogens is 400 g/mol. The number of methoxy groups -OCH3 is 1. The number of rotatable bonds is 4. The minimum atomic E-state index is 0.0625. The lowest BCUT2D eigenvalue weighted by Crippen LogP contribution is -2.34. The van der Waals surface area contributed by atoms with Crippen molar-refractivity contribution in [3.8, 4) is 17.1 Å². The molecule has 0 aliphatic carbocycles. The Morgan fingerprint density at radius 2 is 1.84 bits per heavy atom. The lowest BCUT2D eigenvalue weighted by Gasteiger charge is -2.25. The molecular formula is C27H26N2O3. The van der Waals surface area contributed by atoms with E-state index in [1.54, 1.807) is 7.11 Å². The van der Waals surface area contributed by atoms with Crippen molar-refractivity contribution >= 4 is 16.8 Å². The van der Waals surface area contributed by atoms with Gasteiger partial charge in [-0.2, -0.15) is 0 Å². The van der Waals surface area contributed by atoms with Crippen LogP contribution in [0.4, 0.5) is 0 Å². The average Bonchev–Trinajstić information content (AvgIpc) is 3.12. The molecule has 0 saturated carbocycles. The number of aromatic nitrogens is 1. The molecule has 32 heavy (non-hydrogen) atoms. The molecule has 4 aromatic rings. The molecule has 0 spiro atoms. The molecule has 1 aliphatic heterocycles. The average molecular weight is 427 g/mol. The molecule has 162 valence electrons. The summed E-state index contributed by atoms with van der Waals surface area (Å²) in [6, 6.07) is 23.8. The predicted octanol–water partition coefficient (Wildman–Crippen LogP) is 5.91. The van der Waals surface area contributed by atoms with E-state index in [0.29, 0.717) is 17.2 Å². The molecule has 5 heteroatoms. The highest BCUT2D eigenvalue weighted by atomic mass is 16.5. The molecule has 2 heterocycles. The fourth-order valence-electron chi connectivity index (χ4n) is 4.53. The summed E-state index contributed by atoms with van der Waals surface area (Å²) < 4.78 is 10.9. The van der Waals surface area contributed by atoms with E-state index in [2.05, 4.69) is 17.3 Å². The van der Waals surface area contributed by atoms with Crippen LogP contribution in [0.25, 0.3) is 22.2 Å². The van der Waals surface area contributed by atoms with E-state index >= 15 is 0 Å². The first-order valence-electron chi connectivity index (χ1n) is 11.1. The Kier molecular flexibility index (Phi) is 5.63. The van der Waals surface area contributed by atoms with Gasteiger partial charge in [-0.25, -0.2) is 0 Å². The first-order chi connectivity index (χ1) is 15.7. The molecule has 5 nitrogen and oxygen atoms in total. The quantitative estimate of drug-likeness (QED) is 0.407. The van der Waals surface area contributed by atoms with Crippen LogP contribution < -0.4 is 4.74 Å². The van der Waals surface area contributed by atoms with Crippen molar-refractivity contribution in [3.05, 3.63) is 83.9 Å². The van der Waals surface area contributed by atoms with Crippen molar-refractivity contribution in [2.45, 2.75) is 25.2 Å². The molecule has 1 aliphatic rings. The van der Waals surface area contributed by atoms with Gasteiger partial charge in [-0.15, -0.1) is 0 Å². The van der Waals surface area contributed by atoms with Gasteiger partial charge >= 0.3 is 0 Å². The molecule has 1 unspecified atom stereocenters. The summed E-state index contributed by atoms with van der Waals surface area (Å²) in [6.07, 6.45) is 3.21. The Balaban J connectivity index is 1.42. The van der Waals surface area contributed by atoms with Crippen molar-refractivity contribution in [3.63, 3.8) is 0 Å². The maximum Gasteiger partial charge on any atom is 0.253 e. The highest BCUT2D eigenvalue weighted by Gasteiger charge is 2.25. The zero-order valence-corrected chi connectivity index (χ0v) is 18.2. The number of ether oxygens (including phenoxy) is 1. The van der Waals surface area contributed by atoms with Crippen LogP contribution >= 0.6 is 0 Å². The van der Waals surface area contributed by atoms with Crippen LogP contribution in [0.5, 0.6) is 5.75 Å². The summed E-state index contributed by atoms with van der Waals surface area (Å²) in [5, 5.41) is 5.04. The summed E-state index contributed by atoms with van der Waals surface area (Å²) in [7, 11) is 1.68. The normalized spacial score (nSPS) is 16.7. The van der Waals surface area contributed by atoms with E-state index in [1.807, 2.05) is 65.6 Å². The van der Waals surface area contributed by atoms with Crippen molar-refractivity contribution < 1.29 is 14.1 Å². The Hall–Kier alpha value is -3.60. The third-order valence-corrected chi connectivity index (χ3v) is 6.31. The number of hydrogen-bond donors (Lipinski definition) is 0. The van der Waals surface area contributed by atoms with E-state index in [1.165, 1.54) is 5.56 Å². The zero-order chi connectivity index (χ0) is 21.9. The van der Waals surface area contributed by atoms with Gasteiger partial charge in [0.15, 0.2) is 5.76 Å². The molecule has 3 aromatic carbocycles. The lowest BCUT2D eigenvalue weighted by atomic mass is 9.94. The summed E-state index contributed by atoms with van der Waals surface area (Å²) in [5.41, 5.74) is 3.64. The highest BCUT2D eigenvalue weighted by molar-refractivity contribution is 6.01. The van der Waals surface area contributed by atoms with Crippen molar-refractivity contribution in [1.29, 1.82) is 0 Å². The number of carbonyl (C=O) groups is 1. The van der Waals surface area contributed by atoms with Gasteiger partial charge in [0.05, 0.1) is 12.5 Å². The number of benzene rings is 3. The summed E-state index contributed by atoms with van der Waals surface area (Å²) in [5.74, 6) is 1.94. The first kappa shape index (κ1) is 20.3. The Labute approximate surface area is 187 Å². The fraction of sp³-hybridized carbons (Fsp3) is 0.259. The second kappa shape index (κ2) is 8.87. The lowest BCUT2D eigenvalue weighted by molar-refractivity contribution is 0.0754. The van der Waals surface area contributed by atoms with Gasteiger partial charge in [-0.3, -0.25) is 4.79 Å². The Bertz CT molecular complexity index is 1210. The van der Waals surface area contributed by atoms with Crippen molar-refractivity contribution in [1.82, 2.24) is 10.1 Å². The second-order valence-electron chi connectivity index (χ2n) is 8.33. The molecule has 1 aromatic heterocycles. The van der Waals surface area contributed by atoms with Gasteiger partial charge in [0.25, 0.3) is 5.91 Å². The summed E-state index contributed by atoms with van der Waals surface area (Å²) in [4.78, 5) is 15.5. The van der Waals surface area contributed by atoms with Crippen LogP contribution in [-0.4, -0.2) is 36.2 Å². The maximum atomic E-state index is 13.5. The van der Waals surface area contributed by atoms with Gasteiger partial charge in [0.2, 0.25) is 0 Å². The minimum absolute atomic E-state index is 0.0625. The number of amides is 1. The van der Waals surface area contributed by atoms with Gasteiger partial charge in [0.1, 0.15) is 11.3 Å². The topological polar surface area (TPSA) is 55.6 Å². The van der Waals surface area contributed by atoms with E-state index < -0.39 is 0 Å². The van der Waals surface area contributed by atoms with Gasteiger partial charge in [-0.05, 0) is 48.7 Å². The number of nitrogens with zero attached hydrogens (tertiary/aromatic N) is 2. The molecule has 1 saturated heterocycles. The monoisotopic (exact) mass is 426 g/mol. The van der Waals surface area contributed by atoms with E-state index in [0.717, 1.165) is 54.6 Å². The number of carbonyl (C=O) groups excluding carboxylic acids is 1.